The second kappa shape index (κ2) is 7.43. The molecule has 0 spiro atoms. The maximum Gasteiger partial charge on any atom is 0.265 e. The van der Waals surface area contributed by atoms with Crippen molar-refractivity contribution in [3.63, 3.8) is 0 Å². The molecular formula is C19H14Cl2N4O2S. The Morgan fingerprint density at radius 3 is 2.68 bits per heavy atom. The summed E-state index contributed by atoms with van der Waals surface area (Å²) >= 11 is 12.1. The van der Waals surface area contributed by atoms with Gasteiger partial charge in [-0.2, -0.15) is 5.10 Å². The Kier molecular flexibility index (Phi) is 4.97. The smallest absolute Gasteiger partial charge is 0.265 e. The molecule has 0 atom stereocenters. The van der Waals surface area contributed by atoms with Gasteiger partial charge in [0, 0.05) is 33.9 Å². The molecule has 0 amide bonds. The lowest BCUT2D eigenvalue weighted by atomic mass is 10.2. The fourth-order valence-corrected chi connectivity index (χ4v) is 4.46. The van der Waals surface area contributed by atoms with E-state index in [-0.39, 0.29) is 10.7 Å². The maximum atomic E-state index is 12.8. The van der Waals surface area contributed by atoms with Gasteiger partial charge in [-0.3, -0.25) is 14.4 Å². The van der Waals surface area contributed by atoms with E-state index in [1.54, 1.807) is 53.5 Å². The number of pyridine rings is 1. The number of benzene rings is 2. The number of halogens is 2. The topological polar surface area (TPSA) is 76.9 Å². The number of hydrogen-bond acceptors (Lipinski definition) is 4. The van der Waals surface area contributed by atoms with Crippen molar-refractivity contribution in [1.29, 1.82) is 0 Å². The van der Waals surface area contributed by atoms with E-state index in [4.69, 9.17) is 23.2 Å². The van der Waals surface area contributed by atoms with Crippen LogP contribution in [0, 0.1) is 0 Å². The molecule has 0 saturated carbocycles. The molecule has 0 unspecified atom stereocenters. The minimum Gasteiger partial charge on any atom is -0.266 e. The number of sulfonamides is 1. The molecule has 0 radical (unpaired) electrons. The third-order valence-corrected chi connectivity index (χ3v) is 6.09. The SMILES string of the molecule is O=S(=O)(Nc1ccn(Cc2ccc(Cl)cc2Cl)n1)c1cccc2cccnc12. The van der Waals surface area contributed by atoms with Crippen molar-refractivity contribution in [2.75, 3.05) is 4.72 Å². The van der Waals surface area contributed by atoms with Crippen molar-refractivity contribution < 1.29 is 8.42 Å². The van der Waals surface area contributed by atoms with Crippen LogP contribution in [0.3, 0.4) is 0 Å². The van der Waals surface area contributed by atoms with E-state index in [1.165, 1.54) is 6.07 Å². The molecule has 0 aliphatic heterocycles. The van der Waals surface area contributed by atoms with Crippen molar-refractivity contribution in [3.05, 3.63) is 82.6 Å². The summed E-state index contributed by atoms with van der Waals surface area (Å²) in [6.07, 6.45) is 3.23. The average molecular weight is 433 g/mol. The molecule has 0 saturated heterocycles. The van der Waals surface area contributed by atoms with E-state index in [1.807, 2.05) is 12.1 Å². The summed E-state index contributed by atoms with van der Waals surface area (Å²) in [4.78, 5) is 4.29. The largest absolute Gasteiger partial charge is 0.266 e. The number of nitrogens with one attached hydrogen (secondary N) is 1. The summed E-state index contributed by atoms with van der Waals surface area (Å²) in [5.74, 6) is 0.207. The second-order valence-corrected chi connectivity index (χ2v) is 8.57. The van der Waals surface area contributed by atoms with Gasteiger partial charge in [-0.25, -0.2) is 8.42 Å². The van der Waals surface area contributed by atoms with Gasteiger partial charge in [0.2, 0.25) is 0 Å². The van der Waals surface area contributed by atoms with Crippen LogP contribution in [0.1, 0.15) is 5.56 Å². The summed E-state index contributed by atoms with van der Waals surface area (Å²) in [6.45, 7) is 0.382. The molecule has 1 N–H and O–H groups in total. The van der Waals surface area contributed by atoms with Gasteiger partial charge in [-0.1, -0.05) is 47.5 Å². The fourth-order valence-electron chi connectivity index (χ4n) is 2.81. The molecular weight excluding hydrogens is 419 g/mol. The Morgan fingerprint density at radius 1 is 1.04 bits per heavy atom. The summed E-state index contributed by atoms with van der Waals surface area (Å²) in [6, 6.07) is 15.4. The normalized spacial score (nSPS) is 11.6. The third kappa shape index (κ3) is 3.82. The molecule has 0 fully saturated rings. The summed E-state index contributed by atoms with van der Waals surface area (Å²) in [5.41, 5.74) is 1.23. The molecule has 0 aliphatic rings. The van der Waals surface area contributed by atoms with Crippen LogP contribution in [0.25, 0.3) is 10.9 Å². The molecule has 4 aromatic rings. The van der Waals surface area contributed by atoms with Gasteiger partial charge in [0.25, 0.3) is 10.0 Å². The number of rotatable bonds is 5. The first-order valence-corrected chi connectivity index (χ1v) is 10.5. The van der Waals surface area contributed by atoms with Crippen LogP contribution in [0.5, 0.6) is 0 Å². The average Bonchev–Trinajstić information content (AvgIpc) is 3.09. The Labute approximate surface area is 171 Å². The lowest BCUT2D eigenvalue weighted by molar-refractivity contribution is 0.601. The quantitative estimate of drug-likeness (QED) is 0.500. The standard InChI is InChI=1S/C19H14Cl2N4O2S/c20-15-7-6-14(16(21)11-15)12-25-10-8-18(23-25)24-28(26,27)17-5-1-3-13-4-2-9-22-19(13)17/h1-11H,12H2,(H,23,24). The Morgan fingerprint density at radius 2 is 1.86 bits per heavy atom. The first-order valence-electron chi connectivity index (χ1n) is 8.26. The second-order valence-electron chi connectivity index (χ2n) is 6.07. The van der Waals surface area contributed by atoms with Gasteiger partial charge in [-0.15, -0.1) is 0 Å². The Balaban J connectivity index is 1.59. The highest BCUT2D eigenvalue weighted by Crippen LogP contribution is 2.24. The summed E-state index contributed by atoms with van der Waals surface area (Å²) in [7, 11) is -3.85. The predicted molar refractivity (Wildman–Crippen MR) is 110 cm³/mol. The molecule has 2 aromatic carbocycles. The molecule has 0 aliphatic carbocycles. The van der Waals surface area contributed by atoms with Gasteiger partial charge < -0.3 is 0 Å². The molecule has 2 heterocycles. The van der Waals surface area contributed by atoms with Crippen molar-refractivity contribution in [1.82, 2.24) is 14.8 Å². The number of fused-ring (bicyclic) bond motifs is 1. The third-order valence-electron chi connectivity index (χ3n) is 4.11. The number of anilines is 1. The fraction of sp³-hybridized carbons (Fsp3) is 0.0526. The van der Waals surface area contributed by atoms with Gasteiger partial charge in [0.05, 0.1) is 12.1 Å². The summed E-state index contributed by atoms with van der Waals surface area (Å²) in [5, 5.41) is 6.09. The minimum atomic E-state index is -3.85. The van der Waals surface area contributed by atoms with E-state index in [9.17, 15) is 8.42 Å². The van der Waals surface area contributed by atoms with Crippen LogP contribution in [-0.2, 0) is 16.6 Å². The Hall–Kier alpha value is -2.61. The van der Waals surface area contributed by atoms with Gasteiger partial charge in [0.1, 0.15) is 4.90 Å². The molecule has 0 bridgehead atoms. The number of aromatic nitrogens is 3. The first-order chi connectivity index (χ1) is 13.4. The van der Waals surface area contributed by atoms with Crippen molar-refractivity contribution in [2.24, 2.45) is 0 Å². The van der Waals surface area contributed by atoms with E-state index in [0.29, 0.717) is 22.1 Å². The molecule has 4 rings (SSSR count). The number of para-hydroxylation sites is 1. The lowest BCUT2D eigenvalue weighted by Gasteiger charge is -2.08. The van der Waals surface area contributed by atoms with Crippen molar-refractivity contribution in [3.8, 4) is 0 Å². The number of nitrogens with zero attached hydrogens (tertiary/aromatic N) is 3. The van der Waals surface area contributed by atoms with E-state index in [2.05, 4.69) is 14.8 Å². The van der Waals surface area contributed by atoms with E-state index < -0.39 is 10.0 Å². The molecule has 2 aromatic heterocycles. The zero-order valence-electron chi connectivity index (χ0n) is 14.4. The van der Waals surface area contributed by atoms with Crippen molar-refractivity contribution >= 4 is 49.9 Å². The van der Waals surface area contributed by atoms with E-state index >= 15 is 0 Å². The van der Waals surface area contributed by atoms with Crippen LogP contribution < -0.4 is 4.72 Å². The van der Waals surface area contributed by atoms with Crippen LogP contribution in [0.15, 0.2) is 71.9 Å². The lowest BCUT2D eigenvalue weighted by Crippen LogP contribution is -2.14. The first kappa shape index (κ1) is 18.7. The van der Waals surface area contributed by atoms with Gasteiger partial charge in [-0.05, 0) is 29.8 Å². The molecule has 9 heteroatoms. The maximum absolute atomic E-state index is 12.8. The van der Waals surface area contributed by atoms with Crippen LogP contribution in [0.4, 0.5) is 5.82 Å². The molecule has 28 heavy (non-hydrogen) atoms. The van der Waals surface area contributed by atoms with Gasteiger partial charge >= 0.3 is 0 Å². The Bertz CT molecular complexity index is 1270. The van der Waals surface area contributed by atoms with E-state index in [0.717, 1.165) is 10.9 Å². The van der Waals surface area contributed by atoms with Crippen LogP contribution >= 0.6 is 23.2 Å². The number of hydrogen-bond donors (Lipinski definition) is 1. The van der Waals surface area contributed by atoms with Crippen LogP contribution in [-0.4, -0.2) is 23.2 Å². The summed E-state index contributed by atoms with van der Waals surface area (Å²) < 4.78 is 29.8. The highest BCUT2D eigenvalue weighted by atomic mass is 35.5. The highest BCUT2D eigenvalue weighted by molar-refractivity contribution is 7.93. The zero-order valence-corrected chi connectivity index (χ0v) is 16.7. The van der Waals surface area contributed by atoms with Crippen molar-refractivity contribution in [2.45, 2.75) is 11.4 Å². The highest BCUT2D eigenvalue weighted by Gasteiger charge is 2.19. The monoisotopic (exact) mass is 432 g/mol. The predicted octanol–water partition coefficient (Wildman–Crippen LogP) is 4.59. The molecule has 6 nitrogen and oxygen atoms in total. The minimum absolute atomic E-state index is 0.0981. The van der Waals surface area contributed by atoms with Crippen LogP contribution in [0.2, 0.25) is 10.0 Å². The van der Waals surface area contributed by atoms with Gasteiger partial charge in [0.15, 0.2) is 5.82 Å². The molecule has 142 valence electrons. The zero-order chi connectivity index (χ0) is 19.7.